The van der Waals surface area contributed by atoms with Gasteiger partial charge in [0.15, 0.2) is 5.82 Å². The lowest BCUT2D eigenvalue weighted by Gasteiger charge is -2.42. The number of para-hydroxylation sites is 4. The molecule has 8 aromatic carbocycles. The molecule has 3 aromatic heterocycles. The molecule has 0 N–H and O–H groups in total. The number of benzene rings is 8. The zero-order valence-electron chi connectivity index (χ0n) is 31.8. The van der Waals surface area contributed by atoms with Gasteiger partial charge in [0.05, 0.1) is 22.1 Å². The van der Waals surface area contributed by atoms with Crippen molar-refractivity contribution in [2.75, 3.05) is 4.90 Å². The third-order valence-electron chi connectivity index (χ3n) is 12.4. The van der Waals surface area contributed by atoms with E-state index in [0.29, 0.717) is 17.7 Å². The first-order valence-corrected chi connectivity index (χ1v) is 20.1. The summed E-state index contributed by atoms with van der Waals surface area (Å²) in [5.74, 6) is 5.03. The van der Waals surface area contributed by atoms with Crippen LogP contribution in [-0.2, 0) is 0 Å². The Labute approximate surface area is 343 Å². The summed E-state index contributed by atoms with van der Waals surface area (Å²) in [6.45, 7) is -0.0124. The van der Waals surface area contributed by atoms with Crippen LogP contribution in [0.25, 0.3) is 66.9 Å². The second-order valence-corrected chi connectivity index (χ2v) is 15.6. The van der Waals surface area contributed by atoms with E-state index in [1.54, 1.807) is 0 Å². The number of rotatable bonds is 4. The largest absolute Gasteiger partial charge is 0.458 e. The van der Waals surface area contributed by atoms with Crippen LogP contribution >= 0.6 is 0 Å². The summed E-state index contributed by atoms with van der Waals surface area (Å²) in [7, 11) is 0. The topological polar surface area (TPSA) is 70.2 Å². The van der Waals surface area contributed by atoms with Gasteiger partial charge in [-0.15, -0.1) is 0 Å². The van der Waals surface area contributed by atoms with Gasteiger partial charge in [0, 0.05) is 49.6 Å². The number of hydrogen-bond acceptors (Lipinski definition) is 6. The Hall–Kier alpha value is -8.17. The summed E-state index contributed by atoms with van der Waals surface area (Å²) < 4.78 is 17.5. The van der Waals surface area contributed by atoms with Crippen LogP contribution in [0.4, 0.5) is 17.1 Å². The molecule has 8 nitrogen and oxygen atoms in total. The van der Waals surface area contributed by atoms with Gasteiger partial charge >= 0.3 is 0 Å². The molecule has 278 valence electrons. The highest BCUT2D eigenvalue weighted by Gasteiger charge is 2.47. The Bertz CT molecular complexity index is 3350. The predicted molar refractivity (Wildman–Crippen MR) is 240 cm³/mol. The van der Waals surface area contributed by atoms with E-state index in [4.69, 9.17) is 24.4 Å². The van der Waals surface area contributed by atoms with Gasteiger partial charge in [-0.3, -0.25) is 9.13 Å². The molecular weight excluding hydrogens is 739 g/mol. The zero-order chi connectivity index (χ0) is 39.1. The molecular formula is C51H29BN6O2. The fourth-order valence-electron chi connectivity index (χ4n) is 10.0. The number of ether oxygens (including phenoxy) is 2. The van der Waals surface area contributed by atoms with E-state index < -0.39 is 0 Å². The highest BCUT2D eigenvalue weighted by atomic mass is 16.5. The quantitative estimate of drug-likeness (QED) is 0.166. The van der Waals surface area contributed by atoms with Crippen molar-refractivity contribution >= 4 is 83.8 Å². The molecule has 0 unspecified atom stereocenters. The van der Waals surface area contributed by atoms with Crippen molar-refractivity contribution in [1.29, 1.82) is 0 Å². The van der Waals surface area contributed by atoms with E-state index >= 15 is 0 Å². The SMILES string of the molecule is c1cc(-c2nc(-n3c4ccccc4c4ccccc43)nc(-n3c4ccccc4c4ccccc43)n2)cc(N2c3cccc4c3B3c5c(cccc5Oc5cccc2c53)O4)c1. The van der Waals surface area contributed by atoms with Crippen LogP contribution in [0.1, 0.15) is 0 Å². The monoisotopic (exact) mass is 768 g/mol. The fourth-order valence-corrected chi connectivity index (χ4v) is 10.0. The van der Waals surface area contributed by atoms with Crippen LogP contribution < -0.4 is 30.8 Å². The molecule has 3 aliphatic heterocycles. The maximum absolute atomic E-state index is 6.61. The van der Waals surface area contributed by atoms with Crippen molar-refractivity contribution in [3.05, 3.63) is 176 Å². The van der Waals surface area contributed by atoms with Crippen LogP contribution in [0.5, 0.6) is 23.0 Å². The Kier molecular flexibility index (Phi) is 6.22. The van der Waals surface area contributed by atoms with Gasteiger partial charge in [-0.1, -0.05) is 103 Å². The maximum Gasteiger partial charge on any atom is 0.266 e. The summed E-state index contributed by atoms with van der Waals surface area (Å²) in [4.78, 5) is 18.4. The molecule has 0 saturated heterocycles. The number of fused-ring (bicyclic) bond motifs is 6. The van der Waals surface area contributed by atoms with Gasteiger partial charge in [0.2, 0.25) is 11.9 Å². The first-order chi connectivity index (χ1) is 29.8. The summed E-state index contributed by atoms with van der Waals surface area (Å²) in [6, 6.07) is 61.1. The normalized spacial score (nSPS) is 13.2. The third kappa shape index (κ3) is 4.22. The van der Waals surface area contributed by atoms with E-state index in [9.17, 15) is 0 Å². The Morgan fingerprint density at radius 2 is 0.800 bits per heavy atom. The number of anilines is 3. The van der Waals surface area contributed by atoms with Gasteiger partial charge in [-0.25, -0.2) is 0 Å². The minimum absolute atomic E-state index is 0.0124. The average molecular weight is 769 g/mol. The van der Waals surface area contributed by atoms with Gasteiger partial charge in [-0.05, 0) is 83.7 Å². The highest BCUT2D eigenvalue weighted by Crippen LogP contribution is 2.46. The molecule has 0 atom stereocenters. The second-order valence-electron chi connectivity index (χ2n) is 15.6. The number of nitrogens with zero attached hydrogens (tertiary/aromatic N) is 6. The highest BCUT2D eigenvalue weighted by molar-refractivity contribution is 7.00. The van der Waals surface area contributed by atoms with Crippen molar-refractivity contribution < 1.29 is 9.47 Å². The zero-order valence-corrected chi connectivity index (χ0v) is 31.8. The van der Waals surface area contributed by atoms with Crippen LogP contribution in [0, 0.1) is 0 Å². The third-order valence-corrected chi connectivity index (χ3v) is 12.4. The van der Waals surface area contributed by atoms with Crippen LogP contribution in [0.15, 0.2) is 176 Å². The van der Waals surface area contributed by atoms with Gasteiger partial charge in [0.25, 0.3) is 6.71 Å². The molecule has 0 saturated carbocycles. The lowest BCUT2D eigenvalue weighted by Crippen LogP contribution is -2.61. The molecule has 11 aromatic rings. The smallest absolute Gasteiger partial charge is 0.266 e. The van der Waals surface area contributed by atoms with Crippen LogP contribution in [-0.4, -0.2) is 30.8 Å². The minimum Gasteiger partial charge on any atom is -0.458 e. The molecule has 9 heteroatoms. The maximum atomic E-state index is 6.61. The lowest BCUT2D eigenvalue weighted by molar-refractivity contribution is 0.464. The van der Waals surface area contributed by atoms with Gasteiger partial charge in [-0.2, -0.15) is 15.0 Å². The summed E-state index contributed by atoms with van der Waals surface area (Å²) >= 11 is 0. The number of aromatic nitrogens is 5. The Morgan fingerprint density at radius 3 is 1.28 bits per heavy atom. The van der Waals surface area contributed by atoms with Crippen molar-refractivity contribution in [3.63, 3.8) is 0 Å². The number of hydrogen-bond donors (Lipinski definition) is 0. The Balaban J connectivity index is 1.02. The molecule has 0 fully saturated rings. The molecule has 6 heterocycles. The van der Waals surface area contributed by atoms with E-state index in [0.717, 1.165) is 106 Å². The minimum atomic E-state index is -0.0124. The molecule has 0 radical (unpaired) electrons. The van der Waals surface area contributed by atoms with Crippen LogP contribution in [0.3, 0.4) is 0 Å². The Morgan fingerprint density at radius 1 is 0.383 bits per heavy atom. The van der Waals surface area contributed by atoms with E-state index in [2.05, 4.69) is 172 Å². The molecule has 0 spiro atoms. The summed E-state index contributed by atoms with van der Waals surface area (Å²) in [6.07, 6.45) is 0. The van der Waals surface area contributed by atoms with Crippen molar-refractivity contribution in [1.82, 2.24) is 24.1 Å². The lowest BCUT2D eigenvalue weighted by atomic mass is 9.33. The first kappa shape index (κ1) is 31.9. The summed E-state index contributed by atoms with van der Waals surface area (Å²) in [5, 5.41) is 4.55. The van der Waals surface area contributed by atoms with Crippen molar-refractivity contribution in [2.24, 2.45) is 0 Å². The molecule has 0 amide bonds. The van der Waals surface area contributed by atoms with Crippen LogP contribution in [0.2, 0.25) is 0 Å². The van der Waals surface area contributed by atoms with Crippen molar-refractivity contribution in [3.8, 4) is 46.3 Å². The molecule has 3 aliphatic rings. The standard InChI is InChI=1S/C51H29BN6O2/c1-5-19-36-32(15-1)33-16-2-6-20-37(33)57(36)50-53-49(54-51(55-50)58-38-21-7-3-17-34(38)35-18-4-8-22-39(35)58)30-13-9-14-31(29-30)56-40-23-10-25-42-46(40)52-47-41(56)24-11-26-43(47)60-45-28-12-27-44(59-42)48(45)52/h1-29H. The van der Waals surface area contributed by atoms with E-state index in [1.807, 2.05) is 18.2 Å². The molecule has 14 rings (SSSR count). The van der Waals surface area contributed by atoms with Crippen molar-refractivity contribution in [2.45, 2.75) is 0 Å². The van der Waals surface area contributed by atoms with Gasteiger partial charge in [0.1, 0.15) is 23.0 Å². The van der Waals surface area contributed by atoms with E-state index in [-0.39, 0.29) is 6.71 Å². The molecule has 0 aliphatic carbocycles. The first-order valence-electron chi connectivity index (χ1n) is 20.1. The molecule has 0 bridgehead atoms. The fraction of sp³-hybridized carbons (Fsp3) is 0. The average Bonchev–Trinajstić information content (AvgIpc) is 3.82. The van der Waals surface area contributed by atoms with E-state index in [1.165, 1.54) is 0 Å². The molecule has 60 heavy (non-hydrogen) atoms. The second kappa shape index (κ2) is 11.7. The van der Waals surface area contributed by atoms with Gasteiger partial charge < -0.3 is 14.4 Å². The summed E-state index contributed by atoms with van der Waals surface area (Å²) in [5.41, 5.74) is 11.4. The predicted octanol–water partition coefficient (Wildman–Crippen LogP) is 10.2.